The van der Waals surface area contributed by atoms with Crippen molar-refractivity contribution in [3.05, 3.63) is 499 Å². The minimum atomic E-state index is -0.232. The van der Waals surface area contributed by atoms with E-state index in [-0.39, 0.29) is 21.7 Å². The van der Waals surface area contributed by atoms with Crippen molar-refractivity contribution >= 4 is 65.4 Å². The molecule has 0 bridgehead atoms. The monoisotopic (exact) mass is 1890 g/mol. The lowest BCUT2D eigenvalue weighted by atomic mass is 9.81. The largest absolute Gasteiger partial charge is 0.278 e. The van der Waals surface area contributed by atoms with Gasteiger partial charge < -0.3 is 0 Å². The molecule has 0 amide bonds. The molecule has 0 atom stereocenters. The Labute approximate surface area is 853 Å². The number of rotatable bonds is 12. The van der Waals surface area contributed by atoms with Crippen molar-refractivity contribution in [1.82, 2.24) is 53.6 Å². The van der Waals surface area contributed by atoms with Gasteiger partial charge in [0.05, 0.1) is 44.5 Å². The molecule has 0 unspecified atom stereocenters. The number of para-hydroxylation sites is 3. The van der Waals surface area contributed by atoms with Gasteiger partial charge in [-0.2, -0.15) is 19.9 Å². The lowest BCUT2D eigenvalue weighted by Gasteiger charge is -2.23. The first-order valence-electron chi connectivity index (χ1n) is 50.7. The van der Waals surface area contributed by atoms with Gasteiger partial charge in [-0.25, -0.2) is 19.9 Å². The van der Waals surface area contributed by atoms with E-state index in [4.69, 9.17) is 39.9 Å². The molecule has 4 aliphatic rings. The van der Waals surface area contributed by atoms with Crippen LogP contribution in [0.4, 0.5) is 0 Å². The van der Waals surface area contributed by atoms with E-state index >= 15 is 0 Å². The third kappa shape index (κ3) is 14.2. The second-order valence-corrected chi connectivity index (χ2v) is 41.2. The summed E-state index contributed by atoms with van der Waals surface area (Å²) in [6, 6.07) is 162. The maximum Gasteiger partial charge on any atom is 0.238 e. The van der Waals surface area contributed by atoms with E-state index in [2.05, 4.69) is 482 Å². The molecule has 0 radical (unpaired) electrons. The fourth-order valence-electron chi connectivity index (χ4n) is 24.3. The van der Waals surface area contributed by atoms with E-state index in [9.17, 15) is 0 Å². The zero-order valence-electron chi connectivity index (χ0n) is 82.7. The van der Waals surface area contributed by atoms with Crippen molar-refractivity contribution < 1.29 is 0 Å². The molecule has 11 heteroatoms. The summed E-state index contributed by atoms with van der Waals surface area (Å²) in [6.07, 6.45) is 0. The van der Waals surface area contributed by atoms with Crippen molar-refractivity contribution in [2.45, 2.75) is 77.0 Å². The molecule has 6 heterocycles. The summed E-state index contributed by atoms with van der Waals surface area (Å²) in [5.74, 6) is 4.44. The van der Waals surface area contributed by atoms with Crippen molar-refractivity contribution in [3.63, 3.8) is 0 Å². The number of hydrogen-bond acceptors (Lipinski definition) is 8. The first kappa shape index (κ1) is 87.7. The first-order valence-corrected chi connectivity index (χ1v) is 50.7. The lowest BCUT2D eigenvalue weighted by molar-refractivity contribution is 0.660. The summed E-state index contributed by atoms with van der Waals surface area (Å²) in [5.41, 5.74) is 41.5. The number of hydrogen-bond donors (Lipinski definition) is 0. The predicted octanol–water partition coefficient (Wildman–Crippen LogP) is 33.7. The van der Waals surface area contributed by atoms with Crippen LogP contribution in [0.3, 0.4) is 0 Å². The Morgan fingerprint density at radius 2 is 0.429 bits per heavy atom. The SMILES string of the molecule is CC1(C)c2ccccc2-c2ccc(-c3cc(-c4ccccc4)nc(-n4c5ccccc5c5ccc6c(c54)C(C)(C)c4ccccc4-6)n3)cc21.CC1(C)c2ccccc2-c2ccc3c4ccccc4n(-c4nc(-c5ccccc5)nc(-c5cc(-c6ccccc6)cc(-c6ccccc6)c5)n4)c3c21.CC1(C)c2ccccc2-c2ccc3c4ccccc4n(-c4nc(-c5ccccc5)nc(-c5cccc(-c6ccccc6)c5)n4)c3c21. The average molecular weight is 1890 g/mol. The third-order valence-corrected chi connectivity index (χ3v) is 31.3. The van der Waals surface area contributed by atoms with Crippen LogP contribution in [0.25, 0.3) is 229 Å². The van der Waals surface area contributed by atoms with Gasteiger partial charge in [0, 0.05) is 87.4 Å². The smallest absolute Gasteiger partial charge is 0.238 e. The van der Waals surface area contributed by atoms with Crippen LogP contribution in [0.1, 0.15) is 99.9 Å². The van der Waals surface area contributed by atoms with Gasteiger partial charge in [-0.15, -0.1) is 0 Å². The molecule has 0 N–H and O–H groups in total. The quantitative estimate of drug-likeness (QED) is 0.119. The number of benzene rings is 19. The molecule has 4 aliphatic carbocycles. The molecule has 0 saturated carbocycles. The summed E-state index contributed by atoms with van der Waals surface area (Å²) >= 11 is 0. The van der Waals surface area contributed by atoms with Crippen molar-refractivity contribution in [3.8, 4) is 164 Å². The van der Waals surface area contributed by atoms with Crippen LogP contribution in [-0.4, -0.2) is 53.6 Å². The topological polar surface area (TPSA) is 118 Å². The number of aromatic nitrogens is 11. The molecule has 19 aromatic carbocycles. The summed E-state index contributed by atoms with van der Waals surface area (Å²) in [6.45, 7) is 18.7. The highest BCUT2D eigenvalue weighted by Crippen LogP contribution is 2.58. The molecule has 25 aromatic rings. The Balaban J connectivity index is 0.000000109. The van der Waals surface area contributed by atoms with E-state index in [0.717, 1.165) is 106 Å². The molecule has 0 spiro atoms. The molecular formula is C136H99N11. The minimum absolute atomic E-state index is 0.103. The standard InChI is InChI=1S/C48H34N4.C46H35N3.C42H30N4/c1-48(2)41-24-14-12-22-37(41)39-26-27-40-38-23-13-15-25-42(38)52(44(40)43(39)48)47-50-45(33-20-10-5-11-21-33)49-46(51-47)36-29-34(31-16-6-3-7-17-31)28-35(30-36)32-18-8-4-9-19-32;1-45(2)36-19-11-8-16-30(36)32-23-22-29(26-38(32)45)40-27-39(28-14-6-5-7-15-28)47-44(48-40)49-41-21-13-10-18-33(41)35-25-24-34-31-17-9-12-20-37(31)46(3,4)42(34)43(35)49;1-42(2)35-22-11-9-20-31(35)33-24-25-34-32-21-10-12-23-36(32)46(38(34)37(33)42)41-44-39(28-16-7-4-8-17-28)43-40(45-41)30-19-13-18-29(26-30)27-14-5-3-6-15-27/h3-30H,1-2H3;5-27H,1-4H3;3-26H,1-2H3. The van der Waals surface area contributed by atoms with Crippen LogP contribution in [-0.2, 0) is 21.7 Å². The normalized spacial score (nSPS) is 13.7. The summed E-state index contributed by atoms with van der Waals surface area (Å²) in [7, 11) is 0. The molecule has 29 rings (SSSR count). The van der Waals surface area contributed by atoms with Gasteiger partial charge in [0.1, 0.15) is 0 Å². The van der Waals surface area contributed by atoms with Gasteiger partial charge >= 0.3 is 0 Å². The second-order valence-electron chi connectivity index (χ2n) is 41.2. The average Bonchev–Trinajstić information content (AvgIpc) is 1.54. The molecule has 6 aromatic heterocycles. The van der Waals surface area contributed by atoms with Crippen LogP contribution >= 0.6 is 0 Å². The Morgan fingerprint density at radius 1 is 0.156 bits per heavy atom. The number of nitrogens with zero attached hydrogens (tertiary/aromatic N) is 11. The second kappa shape index (κ2) is 34.2. The molecule has 0 fully saturated rings. The van der Waals surface area contributed by atoms with Crippen molar-refractivity contribution in [2.24, 2.45) is 0 Å². The fourth-order valence-corrected chi connectivity index (χ4v) is 24.3. The first-order chi connectivity index (χ1) is 71.9. The molecule has 0 saturated heterocycles. The van der Waals surface area contributed by atoms with Gasteiger partial charge in [-0.05, 0) is 177 Å². The Bertz CT molecular complexity index is 9590. The third-order valence-electron chi connectivity index (χ3n) is 31.3. The van der Waals surface area contributed by atoms with Crippen LogP contribution in [0, 0.1) is 0 Å². The van der Waals surface area contributed by atoms with Gasteiger partial charge in [0.15, 0.2) is 23.3 Å². The highest BCUT2D eigenvalue weighted by molar-refractivity contribution is 6.16. The highest BCUT2D eigenvalue weighted by atomic mass is 15.2. The van der Waals surface area contributed by atoms with Gasteiger partial charge in [0.2, 0.25) is 17.8 Å². The Hall–Kier alpha value is -18.3. The highest BCUT2D eigenvalue weighted by Gasteiger charge is 2.44. The summed E-state index contributed by atoms with van der Waals surface area (Å²) in [5, 5.41) is 7.18. The number of fused-ring (bicyclic) bond motifs is 24. The van der Waals surface area contributed by atoms with E-state index in [1.165, 1.54) is 127 Å². The minimum Gasteiger partial charge on any atom is -0.278 e. The maximum absolute atomic E-state index is 5.47. The molecule has 0 aliphatic heterocycles. The van der Waals surface area contributed by atoms with Gasteiger partial charge in [0.25, 0.3) is 0 Å². The Morgan fingerprint density at radius 3 is 0.830 bits per heavy atom. The molecule has 147 heavy (non-hydrogen) atoms. The van der Waals surface area contributed by atoms with Crippen LogP contribution in [0.2, 0.25) is 0 Å². The maximum atomic E-state index is 5.47. The van der Waals surface area contributed by atoms with Gasteiger partial charge in [-0.3, -0.25) is 13.7 Å². The van der Waals surface area contributed by atoms with Crippen LogP contribution in [0.5, 0.6) is 0 Å². The lowest BCUT2D eigenvalue weighted by Crippen LogP contribution is -2.17. The molecular weight excluding hydrogens is 1790 g/mol. The summed E-state index contributed by atoms with van der Waals surface area (Å²) in [4.78, 5) is 42.3. The Kier molecular flexibility index (Phi) is 20.4. The zero-order chi connectivity index (χ0) is 98.7. The predicted molar refractivity (Wildman–Crippen MR) is 604 cm³/mol. The van der Waals surface area contributed by atoms with Crippen LogP contribution < -0.4 is 0 Å². The van der Waals surface area contributed by atoms with Crippen LogP contribution in [0.15, 0.2) is 455 Å². The van der Waals surface area contributed by atoms with E-state index < -0.39 is 0 Å². The van der Waals surface area contributed by atoms with E-state index in [0.29, 0.717) is 41.1 Å². The fraction of sp³-hybridized carbons (Fsp3) is 0.0882. The van der Waals surface area contributed by atoms with E-state index in [1.54, 1.807) is 0 Å². The van der Waals surface area contributed by atoms with Crippen molar-refractivity contribution in [2.75, 3.05) is 0 Å². The zero-order valence-corrected chi connectivity index (χ0v) is 82.7. The molecule has 11 nitrogen and oxygen atoms in total. The van der Waals surface area contributed by atoms with Crippen molar-refractivity contribution in [1.29, 1.82) is 0 Å². The van der Waals surface area contributed by atoms with E-state index in [1.807, 2.05) is 42.5 Å². The molecule has 698 valence electrons. The van der Waals surface area contributed by atoms with Gasteiger partial charge in [-0.1, -0.05) is 456 Å². The summed E-state index contributed by atoms with van der Waals surface area (Å²) < 4.78 is 6.89.